The van der Waals surface area contributed by atoms with Gasteiger partial charge in [0.05, 0.1) is 5.69 Å². The Bertz CT molecular complexity index is 643. The third kappa shape index (κ3) is 3.23. The highest BCUT2D eigenvalue weighted by Gasteiger charge is 2.11. The highest BCUT2D eigenvalue weighted by molar-refractivity contribution is 14.1. The Labute approximate surface area is 124 Å². The number of nitrogen functional groups attached to an aromatic ring is 1. The van der Waals surface area contributed by atoms with E-state index in [9.17, 15) is 9.18 Å². The zero-order valence-corrected chi connectivity index (χ0v) is 12.4. The first-order valence-electron chi connectivity index (χ1n) is 5.60. The van der Waals surface area contributed by atoms with Crippen LogP contribution in [0.5, 0.6) is 0 Å². The van der Waals surface area contributed by atoms with Crippen LogP contribution in [0, 0.1) is 16.3 Å². The van der Waals surface area contributed by atoms with Crippen LogP contribution in [0.25, 0.3) is 0 Å². The normalized spacial score (nSPS) is 10.3. The van der Waals surface area contributed by atoms with E-state index >= 15 is 0 Å². The summed E-state index contributed by atoms with van der Waals surface area (Å²) >= 11 is 1.98. The summed E-state index contributed by atoms with van der Waals surface area (Å²) in [5, 5.41) is 2.76. The number of nitrogens with two attached hydrogens (primary N) is 1. The maximum atomic E-state index is 13.0. The maximum absolute atomic E-state index is 13.0. The van der Waals surface area contributed by atoms with Gasteiger partial charge >= 0.3 is 0 Å². The second-order valence-corrected chi connectivity index (χ2v) is 5.31. The Morgan fingerprint density at radius 3 is 2.63 bits per heavy atom. The fraction of sp³-hybridized carbons (Fsp3) is 0.0714. The van der Waals surface area contributed by atoms with Crippen LogP contribution >= 0.6 is 22.6 Å². The van der Waals surface area contributed by atoms with Crippen molar-refractivity contribution in [3.8, 4) is 0 Å². The molecule has 0 aliphatic rings. The zero-order chi connectivity index (χ0) is 14.0. The number of aryl methyl sites for hydroxylation is 1. The van der Waals surface area contributed by atoms with Gasteiger partial charge in [-0.05, 0) is 71.5 Å². The molecule has 0 unspecified atom stereocenters. The van der Waals surface area contributed by atoms with E-state index in [4.69, 9.17) is 5.73 Å². The Morgan fingerprint density at radius 2 is 2.00 bits per heavy atom. The van der Waals surface area contributed by atoms with Gasteiger partial charge in [0.15, 0.2) is 0 Å². The summed E-state index contributed by atoms with van der Waals surface area (Å²) in [5.41, 5.74) is 8.20. The van der Waals surface area contributed by atoms with Gasteiger partial charge in [-0.2, -0.15) is 0 Å². The van der Waals surface area contributed by atoms with Crippen LogP contribution in [-0.4, -0.2) is 5.91 Å². The standard InChI is InChI=1S/C14H12FIN2O/c1-8-6-10(17)3-4-11(8)14(19)18-13-5-2-9(15)7-12(13)16/h2-7H,17H2,1H3,(H,18,19). The topological polar surface area (TPSA) is 55.1 Å². The van der Waals surface area contributed by atoms with Gasteiger partial charge in [-0.15, -0.1) is 0 Å². The van der Waals surface area contributed by atoms with E-state index < -0.39 is 0 Å². The number of amides is 1. The molecule has 98 valence electrons. The largest absolute Gasteiger partial charge is 0.399 e. The molecule has 2 aromatic rings. The molecule has 19 heavy (non-hydrogen) atoms. The molecule has 0 heterocycles. The van der Waals surface area contributed by atoms with Gasteiger partial charge in [-0.25, -0.2) is 4.39 Å². The molecule has 0 radical (unpaired) electrons. The number of benzene rings is 2. The number of hydrogen-bond acceptors (Lipinski definition) is 2. The van der Waals surface area contributed by atoms with E-state index in [1.54, 1.807) is 24.3 Å². The van der Waals surface area contributed by atoms with Crippen molar-refractivity contribution in [1.82, 2.24) is 0 Å². The van der Waals surface area contributed by atoms with Crippen molar-refractivity contribution in [2.24, 2.45) is 0 Å². The van der Waals surface area contributed by atoms with E-state index in [1.165, 1.54) is 12.1 Å². The average Bonchev–Trinajstić information content (AvgIpc) is 2.32. The first kappa shape index (κ1) is 13.8. The number of nitrogens with one attached hydrogen (secondary N) is 1. The molecule has 0 aliphatic heterocycles. The quantitative estimate of drug-likeness (QED) is 0.627. The van der Waals surface area contributed by atoms with Gasteiger partial charge in [0.1, 0.15) is 5.82 Å². The smallest absolute Gasteiger partial charge is 0.255 e. The van der Waals surface area contributed by atoms with Crippen LogP contribution in [0.15, 0.2) is 36.4 Å². The van der Waals surface area contributed by atoms with Crippen molar-refractivity contribution < 1.29 is 9.18 Å². The Morgan fingerprint density at radius 1 is 1.26 bits per heavy atom. The van der Waals surface area contributed by atoms with Gasteiger partial charge in [-0.3, -0.25) is 4.79 Å². The van der Waals surface area contributed by atoms with Crippen molar-refractivity contribution in [2.75, 3.05) is 11.1 Å². The van der Waals surface area contributed by atoms with Crippen molar-refractivity contribution in [3.63, 3.8) is 0 Å². The van der Waals surface area contributed by atoms with Crippen LogP contribution in [-0.2, 0) is 0 Å². The van der Waals surface area contributed by atoms with Gasteiger partial charge in [0.25, 0.3) is 5.91 Å². The van der Waals surface area contributed by atoms with Crippen molar-refractivity contribution in [1.29, 1.82) is 0 Å². The lowest BCUT2D eigenvalue weighted by Crippen LogP contribution is -2.14. The van der Waals surface area contributed by atoms with Crippen LogP contribution < -0.4 is 11.1 Å². The molecule has 0 aromatic heterocycles. The van der Waals surface area contributed by atoms with E-state index in [-0.39, 0.29) is 11.7 Å². The minimum Gasteiger partial charge on any atom is -0.399 e. The molecule has 1 amide bonds. The minimum atomic E-state index is -0.328. The summed E-state index contributed by atoms with van der Waals surface area (Å²) in [6.45, 7) is 1.82. The van der Waals surface area contributed by atoms with Gasteiger partial charge in [-0.1, -0.05) is 0 Å². The summed E-state index contributed by atoms with van der Waals surface area (Å²) in [4.78, 5) is 12.1. The lowest BCUT2D eigenvalue weighted by atomic mass is 10.1. The van der Waals surface area contributed by atoms with Crippen LogP contribution in [0.4, 0.5) is 15.8 Å². The fourth-order valence-electron chi connectivity index (χ4n) is 1.72. The number of halogens is 2. The highest BCUT2D eigenvalue weighted by Crippen LogP contribution is 2.21. The summed E-state index contributed by atoms with van der Waals surface area (Å²) in [5.74, 6) is -0.562. The number of anilines is 2. The Balaban J connectivity index is 2.25. The third-order valence-corrected chi connectivity index (χ3v) is 3.57. The number of carbonyl (C=O) groups excluding carboxylic acids is 1. The molecule has 0 spiro atoms. The molecule has 0 atom stereocenters. The van der Waals surface area contributed by atoms with E-state index in [1.807, 2.05) is 29.5 Å². The molecular weight excluding hydrogens is 358 g/mol. The monoisotopic (exact) mass is 370 g/mol. The molecule has 2 rings (SSSR count). The van der Waals surface area contributed by atoms with Crippen molar-refractivity contribution in [3.05, 3.63) is 56.9 Å². The predicted octanol–water partition coefficient (Wildman–Crippen LogP) is 3.57. The molecular formula is C14H12FIN2O. The van der Waals surface area contributed by atoms with E-state index in [0.717, 1.165) is 5.56 Å². The van der Waals surface area contributed by atoms with Crippen molar-refractivity contribution in [2.45, 2.75) is 6.92 Å². The predicted molar refractivity (Wildman–Crippen MR) is 82.7 cm³/mol. The average molecular weight is 370 g/mol. The Hall–Kier alpha value is -1.63. The SMILES string of the molecule is Cc1cc(N)ccc1C(=O)Nc1ccc(F)cc1I. The molecule has 5 heteroatoms. The number of rotatable bonds is 2. The summed E-state index contributed by atoms with van der Waals surface area (Å²) < 4.78 is 13.6. The van der Waals surface area contributed by atoms with Gasteiger partial charge < -0.3 is 11.1 Å². The maximum Gasteiger partial charge on any atom is 0.255 e. The molecule has 0 aliphatic carbocycles. The lowest BCUT2D eigenvalue weighted by Gasteiger charge is -2.10. The van der Waals surface area contributed by atoms with Crippen LogP contribution in [0.2, 0.25) is 0 Å². The van der Waals surface area contributed by atoms with Crippen LogP contribution in [0.3, 0.4) is 0 Å². The Kier molecular flexibility index (Phi) is 4.04. The highest BCUT2D eigenvalue weighted by atomic mass is 127. The molecule has 3 nitrogen and oxygen atoms in total. The molecule has 0 fully saturated rings. The first-order valence-corrected chi connectivity index (χ1v) is 6.68. The van der Waals surface area contributed by atoms with Crippen molar-refractivity contribution >= 4 is 39.9 Å². The summed E-state index contributed by atoms with van der Waals surface area (Å²) in [7, 11) is 0. The molecule has 3 N–H and O–H groups in total. The lowest BCUT2D eigenvalue weighted by molar-refractivity contribution is 0.102. The second-order valence-electron chi connectivity index (χ2n) is 4.15. The fourth-order valence-corrected chi connectivity index (χ4v) is 2.33. The van der Waals surface area contributed by atoms with E-state index in [2.05, 4.69) is 5.32 Å². The van der Waals surface area contributed by atoms with Gasteiger partial charge in [0.2, 0.25) is 0 Å². The number of hydrogen-bond donors (Lipinski definition) is 2. The first-order chi connectivity index (χ1) is 8.97. The molecule has 0 saturated carbocycles. The summed E-state index contributed by atoms with van der Waals surface area (Å²) in [6.07, 6.45) is 0. The van der Waals surface area contributed by atoms with E-state index in [0.29, 0.717) is 20.5 Å². The number of carbonyl (C=O) groups is 1. The second kappa shape index (κ2) is 5.56. The molecule has 0 saturated heterocycles. The van der Waals surface area contributed by atoms with Gasteiger partial charge in [0, 0.05) is 14.8 Å². The zero-order valence-electron chi connectivity index (χ0n) is 10.2. The summed E-state index contributed by atoms with van der Waals surface area (Å²) in [6, 6.07) is 9.32. The third-order valence-electron chi connectivity index (χ3n) is 2.67. The molecule has 2 aromatic carbocycles. The minimum absolute atomic E-state index is 0.234. The molecule has 0 bridgehead atoms. The van der Waals surface area contributed by atoms with Crippen LogP contribution in [0.1, 0.15) is 15.9 Å².